The van der Waals surface area contributed by atoms with Crippen LogP contribution in [0.5, 0.6) is 0 Å². The lowest BCUT2D eigenvalue weighted by Crippen LogP contribution is -2.02. The molecule has 0 radical (unpaired) electrons. The summed E-state index contributed by atoms with van der Waals surface area (Å²) < 4.78 is 0. The highest BCUT2D eigenvalue weighted by molar-refractivity contribution is 7.99. The fourth-order valence-corrected chi connectivity index (χ4v) is 2.57. The second kappa shape index (κ2) is 5.58. The Morgan fingerprint density at radius 3 is 2.10 bits per heavy atom. The van der Waals surface area contributed by atoms with Crippen molar-refractivity contribution >= 4 is 17.7 Å². The quantitative estimate of drug-likeness (QED) is 0.875. The van der Waals surface area contributed by atoms with Gasteiger partial charge in [-0.3, -0.25) is 0 Å². The molecule has 0 aliphatic carbocycles. The molecule has 2 aromatic heterocycles. The molecule has 0 saturated carbocycles. The molecule has 6 heteroatoms. The zero-order valence-corrected chi connectivity index (χ0v) is 12.6. The highest BCUT2D eigenvalue weighted by Crippen LogP contribution is 2.25. The van der Waals surface area contributed by atoms with E-state index in [-0.39, 0.29) is 5.56 Å². The first-order chi connectivity index (χ1) is 9.38. The predicted octanol–water partition coefficient (Wildman–Crippen LogP) is 2.95. The van der Waals surface area contributed by atoms with Crippen LogP contribution in [-0.4, -0.2) is 26.0 Å². The van der Waals surface area contributed by atoms with E-state index >= 15 is 0 Å². The minimum atomic E-state index is -0.968. The maximum absolute atomic E-state index is 10.9. The Bertz CT molecular complexity index is 663. The molecule has 0 amide bonds. The summed E-state index contributed by atoms with van der Waals surface area (Å²) in [5, 5.41) is 10.3. The van der Waals surface area contributed by atoms with Gasteiger partial charge >= 0.3 is 5.97 Å². The summed E-state index contributed by atoms with van der Waals surface area (Å²) in [7, 11) is 0. The number of carbonyl (C=O) groups is 1. The molecule has 5 nitrogen and oxygen atoms in total. The molecule has 104 valence electrons. The van der Waals surface area contributed by atoms with Gasteiger partial charge in [-0.2, -0.15) is 0 Å². The first kappa shape index (κ1) is 14.5. The van der Waals surface area contributed by atoms with Gasteiger partial charge in [-0.1, -0.05) is 0 Å². The lowest BCUT2D eigenvalue weighted by atomic mass is 10.2. The van der Waals surface area contributed by atoms with E-state index < -0.39 is 5.97 Å². The molecule has 0 spiro atoms. The molecule has 20 heavy (non-hydrogen) atoms. The van der Waals surface area contributed by atoms with Gasteiger partial charge < -0.3 is 5.11 Å². The summed E-state index contributed by atoms with van der Waals surface area (Å²) in [4.78, 5) is 24.0. The number of carboxylic acids is 1. The van der Waals surface area contributed by atoms with Crippen LogP contribution in [0.25, 0.3) is 0 Å². The fraction of sp³-hybridized carbons (Fsp3) is 0.286. The smallest absolute Gasteiger partial charge is 0.337 e. The third-order valence-corrected chi connectivity index (χ3v) is 3.90. The van der Waals surface area contributed by atoms with Crippen molar-refractivity contribution in [3.63, 3.8) is 0 Å². The van der Waals surface area contributed by atoms with E-state index in [4.69, 9.17) is 5.11 Å². The molecule has 0 aliphatic rings. The van der Waals surface area contributed by atoms with Gasteiger partial charge in [0.1, 0.15) is 5.03 Å². The molecule has 0 bridgehead atoms. The Balaban J connectivity index is 2.31. The third-order valence-electron chi connectivity index (χ3n) is 3.10. The summed E-state index contributed by atoms with van der Waals surface area (Å²) >= 11 is 1.33. The van der Waals surface area contributed by atoms with Crippen LogP contribution in [0.3, 0.4) is 0 Å². The van der Waals surface area contributed by atoms with Gasteiger partial charge in [0.2, 0.25) is 0 Å². The number of nitrogens with zero attached hydrogens (tertiary/aromatic N) is 3. The van der Waals surface area contributed by atoms with E-state index in [0.717, 1.165) is 17.0 Å². The van der Waals surface area contributed by atoms with E-state index in [9.17, 15) is 4.79 Å². The van der Waals surface area contributed by atoms with E-state index in [1.807, 2.05) is 20.8 Å². The van der Waals surface area contributed by atoms with Gasteiger partial charge in [-0.25, -0.2) is 19.7 Å². The van der Waals surface area contributed by atoms with Crippen LogP contribution in [0.4, 0.5) is 0 Å². The number of hydrogen-bond donors (Lipinski definition) is 1. The number of aromatic carboxylic acids is 1. The first-order valence-corrected chi connectivity index (χ1v) is 6.90. The highest BCUT2D eigenvalue weighted by Gasteiger charge is 2.11. The van der Waals surface area contributed by atoms with Crippen LogP contribution in [0.1, 0.15) is 33.0 Å². The van der Waals surface area contributed by atoms with Crippen LogP contribution >= 0.6 is 11.8 Å². The van der Waals surface area contributed by atoms with Crippen molar-refractivity contribution in [1.29, 1.82) is 0 Å². The molecular weight excluding hydrogens is 274 g/mol. The molecule has 0 aromatic carbocycles. The monoisotopic (exact) mass is 289 g/mol. The number of aromatic nitrogens is 3. The summed E-state index contributed by atoms with van der Waals surface area (Å²) in [5.74, 6) is -0.968. The zero-order valence-electron chi connectivity index (χ0n) is 11.8. The largest absolute Gasteiger partial charge is 0.478 e. The summed E-state index contributed by atoms with van der Waals surface area (Å²) in [5.41, 5.74) is 3.67. The van der Waals surface area contributed by atoms with Crippen molar-refractivity contribution in [3.05, 3.63) is 40.3 Å². The molecule has 0 saturated heterocycles. The number of pyridine rings is 1. The molecule has 2 aromatic rings. The van der Waals surface area contributed by atoms with Crippen molar-refractivity contribution in [2.75, 3.05) is 0 Å². The lowest BCUT2D eigenvalue weighted by molar-refractivity contribution is 0.0695. The van der Waals surface area contributed by atoms with Gasteiger partial charge in [0.05, 0.1) is 11.3 Å². The van der Waals surface area contributed by atoms with Crippen LogP contribution in [-0.2, 0) is 0 Å². The molecule has 0 fully saturated rings. The Labute approximate surface area is 121 Å². The molecular formula is C14H15N3O2S. The summed E-state index contributed by atoms with van der Waals surface area (Å²) in [6, 6.07) is 3.23. The Kier molecular flexibility index (Phi) is 4.04. The van der Waals surface area contributed by atoms with E-state index in [1.165, 1.54) is 11.8 Å². The minimum absolute atomic E-state index is 0.214. The number of carboxylic acid groups (broad SMARTS) is 1. The Morgan fingerprint density at radius 1 is 1.00 bits per heavy atom. The van der Waals surface area contributed by atoms with Gasteiger partial charge in [0.25, 0.3) is 0 Å². The molecule has 2 heterocycles. The Hall–Kier alpha value is -1.95. The molecule has 0 aliphatic heterocycles. The van der Waals surface area contributed by atoms with Gasteiger partial charge in [-0.15, -0.1) is 0 Å². The SMILES string of the molecule is Cc1nc(Sc2nc(C)c(C)c(C)n2)ccc1C(=O)O. The first-order valence-electron chi connectivity index (χ1n) is 6.09. The zero-order chi connectivity index (χ0) is 14.9. The van der Waals surface area contributed by atoms with Crippen molar-refractivity contribution < 1.29 is 9.90 Å². The van der Waals surface area contributed by atoms with E-state index in [2.05, 4.69) is 15.0 Å². The molecule has 1 N–H and O–H groups in total. The normalized spacial score (nSPS) is 10.6. The standard InChI is InChI=1S/C14H15N3O2S/c1-7-8(2)16-14(17-9(7)3)20-12-6-5-11(13(18)19)10(4)15-12/h5-6H,1-4H3,(H,18,19). The average Bonchev–Trinajstić information content (AvgIpc) is 2.35. The maximum atomic E-state index is 10.9. The maximum Gasteiger partial charge on any atom is 0.337 e. The van der Waals surface area contributed by atoms with Gasteiger partial charge in [0, 0.05) is 11.4 Å². The topological polar surface area (TPSA) is 76.0 Å². The number of hydrogen-bond acceptors (Lipinski definition) is 5. The van der Waals surface area contributed by atoms with Crippen LogP contribution in [0.2, 0.25) is 0 Å². The minimum Gasteiger partial charge on any atom is -0.478 e. The summed E-state index contributed by atoms with van der Waals surface area (Å²) in [6.07, 6.45) is 0. The second-order valence-corrected chi connectivity index (χ2v) is 5.48. The van der Waals surface area contributed by atoms with E-state index in [1.54, 1.807) is 19.1 Å². The van der Waals surface area contributed by atoms with Crippen LogP contribution in [0.15, 0.2) is 22.3 Å². The third kappa shape index (κ3) is 2.96. The average molecular weight is 289 g/mol. The number of aryl methyl sites for hydroxylation is 3. The van der Waals surface area contributed by atoms with Gasteiger partial charge in [0.15, 0.2) is 5.16 Å². The molecule has 0 unspecified atom stereocenters. The number of rotatable bonds is 3. The van der Waals surface area contributed by atoms with Crippen molar-refractivity contribution in [1.82, 2.24) is 15.0 Å². The molecule has 2 rings (SSSR count). The Morgan fingerprint density at radius 2 is 1.60 bits per heavy atom. The molecule has 0 atom stereocenters. The fourth-order valence-electron chi connectivity index (χ4n) is 1.70. The van der Waals surface area contributed by atoms with Crippen LogP contribution < -0.4 is 0 Å². The van der Waals surface area contributed by atoms with Crippen molar-refractivity contribution in [2.24, 2.45) is 0 Å². The van der Waals surface area contributed by atoms with E-state index in [0.29, 0.717) is 15.9 Å². The highest BCUT2D eigenvalue weighted by atomic mass is 32.2. The van der Waals surface area contributed by atoms with Crippen molar-refractivity contribution in [2.45, 2.75) is 37.9 Å². The van der Waals surface area contributed by atoms with Crippen molar-refractivity contribution in [3.8, 4) is 0 Å². The second-order valence-electron chi connectivity index (χ2n) is 4.49. The predicted molar refractivity (Wildman–Crippen MR) is 76.3 cm³/mol. The van der Waals surface area contributed by atoms with Crippen LogP contribution in [0, 0.1) is 27.7 Å². The van der Waals surface area contributed by atoms with Gasteiger partial charge in [-0.05, 0) is 57.2 Å². The summed E-state index contributed by atoms with van der Waals surface area (Å²) in [6.45, 7) is 7.56. The lowest BCUT2D eigenvalue weighted by Gasteiger charge is -2.07.